The van der Waals surface area contributed by atoms with Crippen molar-refractivity contribution in [2.45, 2.75) is 45.1 Å². The molecule has 118 valence electrons. The minimum absolute atomic E-state index is 0.156. The summed E-state index contributed by atoms with van der Waals surface area (Å²) in [7, 11) is 0. The van der Waals surface area contributed by atoms with E-state index in [1.807, 2.05) is 29.2 Å². The second-order valence-electron chi connectivity index (χ2n) is 6.86. The van der Waals surface area contributed by atoms with Gasteiger partial charge in [-0.05, 0) is 18.1 Å². The predicted octanol–water partition coefficient (Wildman–Crippen LogP) is 3.06. The van der Waals surface area contributed by atoms with E-state index < -0.39 is 5.60 Å². The van der Waals surface area contributed by atoms with Crippen molar-refractivity contribution in [3.05, 3.63) is 29.8 Å². The van der Waals surface area contributed by atoms with E-state index in [0.29, 0.717) is 43.2 Å². The maximum Gasteiger partial charge on any atom is 0.222 e. The fourth-order valence-corrected chi connectivity index (χ4v) is 3.36. The Morgan fingerprint density at radius 1 is 1.27 bits per heavy atom. The van der Waals surface area contributed by atoms with Gasteiger partial charge in [0.05, 0.1) is 12.0 Å². The molecule has 2 heterocycles. The molecule has 1 aromatic carbocycles. The Hall–Kier alpha value is -1.84. The molecular weight excluding hydrogens is 278 g/mol. The molecule has 3 rings (SSSR count). The van der Waals surface area contributed by atoms with E-state index in [1.165, 1.54) is 0 Å². The van der Waals surface area contributed by atoms with Crippen LogP contribution in [-0.4, -0.2) is 35.3 Å². The molecule has 1 aromatic rings. The van der Waals surface area contributed by atoms with Crippen LogP contribution in [0.4, 0.5) is 0 Å². The van der Waals surface area contributed by atoms with Crippen LogP contribution in [0, 0.1) is 5.92 Å². The van der Waals surface area contributed by atoms with Crippen LogP contribution in [0.2, 0.25) is 0 Å². The van der Waals surface area contributed by atoms with E-state index in [2.05, 4.69) is 13.8 Å². The maximum absolute atomic E-state index is 12.4. The fourth-order valence-electron chi connectivity index (χ4n) is 3.36. The number of piperidine rings is 1. The molecular formula is C18H23NO3. The second kappa shape index (κ2) is 5.75. The molecule has 0 aliphatic carbocycles. The Morgan fingerprint density at radius 2 is 1.95 bits per heavy atom. The van der Waals surface area contributed by atoms with Crippen molar-refractivity contribution in [3.63, 3.8) is 0 Å². The summed E-state index contributed by atoms with van der Waals surface area (Å²) in [5.41, 5.74) is 0.270. The Bertz CT molecular complexity index is 586. The Kier molecular flexibility index (Phi) is 3.94. The molecule has 0 atom stereocenters. The van der Waals surface area contributed by atoms with Gasteiger partial charge < -0.3 is 9.64 Å². The zero-order valence-electron chi connectivity index (χ0n) is 13.3. The highest BCUT2D eigenvalue weighted by molar-refractivity contribution is 6.00. The van der Waals surface area contributed by atoms with E-state index in [4.69, 9.17) is 4.74 Å². The summed E-state index contributed by atoms with van der Waals surface area (Å²) < 4.78 is 6.18. The van der Waals surface area contributed by atoms with Crippen molar-refractivity contribution in [2.75, 3.05) is 13.1 Å². The van der Waals surface area contributed by atoms with Crippen LogP contribution in [0.5, 0.6) is 5.75 Å². The van der Waals surface area contributed by atoms with E-state index in [0.717, 1.165) is 12.8 Å². The van der Waals surface area contributed by atoms with Gasteiger partial charge in [-0.15, -0.1) is 0 Å². The Morgan fingerprint density at radius 3 is 2.64 bits per heavy atom. The van der Waals surface area contributed by atoms with Crippen LogP contribution in [-0.2, 0) is 4.79 Å². The minimum Gasteiger partial charge on any atom is -0.486 e. The van der Waals surface area contributed by atoms with E-state index in [1.54, 1.807) is 0 Å². The number of para-hydroxylation sites is 1. The minimum atomic E-state index is -0.417. The first kappa shape index (κ1) is 15.1. The molecule has 0 N–H and O–H groups in total. The fraction of sp³-hybridized carbons (Fsp3) is 0.556. The maximum atomic E-state index is 12.4. The van der Waals surface area contributed by atoms with Gasteiger partial charge in [0.1, 0.15) is 11.4 Å². The lowest BCUT2D eigenvalue weighted by molar-refractivity contribution is -0.135. The lowest BCUT2D eigenvalue weighted by atomic mass is 9.82. The van der Waals surface area contributed by atoms with E-state index in [9.17, 15) is 9.59 Å². The number of hydrogen-bond acceptors (Lipinski definition) is 3. The number of likely N-dealkylation sites (tertiary alicyclic amines) is 1. The van der Waals surface area contributed by atoms with Crippen LogP contribution in [0.1, 0.15) is 49.9 Å². The van der Waals surface area contributed by atoms with Gasteiger partial charge in [0, 0.05) is 32.4 Å². The average molecular weight is 301 g/mol. The summed E-state index contributed by atoms with van der Waals surface area (Å²) in [6.07, 6.45) is 2.49. The lowest BCUT2D eigenvalue weighted by Crippen LogP contribution is -2.52. The van der Waals surface area contributed by atoms with Crippen molar-refractivity contribution in [1.82, 2.24) is 4.90 Å². The summed E-state index contributed by atoms with van der Waals surface area (Å²) in [6, 6.07) is 7.45. The number of ketones is 1. The number of amides is 1. The number of carbonyl (C=O) groups excluding carboxylic acids is 2. The molecule has 4 heteroatoms. The predicted molar refractivity (Wildman–Crippen MR) is 84.0 cm³/mol. The molecule has 22 heavy (non-hydrogen) atoms. The molecule has 0 saturated carbocycles. The van der Waals surface area contributed by atoms with Crippen LogP contribution < -0.4 is 4.74 Å². The number of rotatable bonds is 2. The van der Waals surface area contributed by atoms with Crippen molar-refractivity contribution in [3.8, 4) is 5.75 Å². The smallest absolute Gasteiger partial charge is 0.222 e. The summed E-state index contributed by atoms with van der Waals surface area (Å²) in [5.74, 6) is 1.44. The van der Waals surface area contributed by atoms with Crippen LogP contribution in [0.25, 0.3) is 0 Å². The summed E-state index contributed by atoms with van der Waals surface area (Å²) >= 11 is 0. The van der Waals surface area contributed by atoms with Crippen LogP contribution in [0.3, 0.4) is 0 Å². The third kappa shape index (κ3) is 2.87. The second-order valence-corrected chi connectivity index (χ2v) is 6.86. The van der Waals surface area contributed by atoms with E-state index >= 15 is 0 Å². The molecule has 0 unspecified atom stereocenters. The number of ether oxygens (including phenoxy) is 1. The lowest BCUT2D eigenvalue weighted by Gasteiger charge is -2.44. The normalized spacial score (nSPS) is 20.0. The molecule has 0 bridgehead atoms. The molecule has 0 aromatic heterocycles. The first-order chi connectivity index (χ1) is 10.5. The monoisotopic (exact) mass is 301 g/mol. The number of hydrogen-bond donors (Lipinski definition) is 0. The first-order valence-corrected chi connectivity index (χ1v) is 8.08. The molecule has 2 aliphatic heterocycles. The van der Waals surface area contributed by atoms with Crippen molar-refractivity contribution in [1.29, 1.82) is 0 Å². The van der Waals surface area contributed by atoms with Gasteiger partial charge in [0.2, 0.25) is 5.91 Å². The highest BCUT2D eigenvalue weighted by Crippen LogP contribution is 2.39. The number of benzene rings is 1. The quantitative estimate of drug-likeness (QED) is 0.843. The van der Waals surface area contributed by atoms with Gasteiger partial charge in [-0.3, -0.25) is 9.59 Å². The average Bonchev–Trinajstić information content (AvgIpc) is 2.47. The Labute approximate surface area is 131 Å². The summed E-state index contributed by atoms with van der Waals surface area (Å²) in [4.78, 5) is 26.4. The third-order valence-electron chi connectivity index (χ3n) is 4.61. The third-order valence-corrected chi connectivity index (χ3v) is 4.61. The molecule has 4 nitrogen and oxygen atoms in total. The Balaban J connectivity index is 1.69. The largest absolute Gasteiger partial charge is 0.486 e. The molecule has 1 spiro atoms. The van der Waals surface area contributed by atoms with Gasteiger partial charge in [-0.25, -0.2) is 0 Å². The highest BCUT2D eigenvalue weighted by Gasteiger charge is 2.43. The summed E-state index contributed by atoms with van der Waals surface area (Å²) in [6.45, 7) is 5.48. The number of Topliss-reactive ketones (excluding diaryl/α,β-unsaturated/α-hetero) is 1. The molecule has 1 saturated heterocycles. The van der Waals surface area contributed by atoms with Gasteiger partial charge >= 0.3 is 0 Å². The molecule has 1 fully saturated rings. The molecule has 0 radical (unpaired) electrons. The van der Waals surface area contributed by atoms with Crippen LogP contribution in [0.15, 0.2) is 24.3 Å². The zero-order chi connectivity index (χ0) is 15.7. The van der Waals surface area contributed by atoms with Gasteiger partial charge in [-0.2, -0.15) is 0 Å². The molecule has 1 amide bonds. The molecule has 2 aliphatic rings. The SMILES string of the molecule is CC(C)CC(=O)N1CCC2(CC1)CC(=O)c1ccccc1O2. The van der Waals surface area contributed by atoms with Crippen molar-refractivity contribution in [2.24, 2.45) is 5.92 Å². The highest BCUT2D eigenvalue weighted by atomic mass is 16.5. The van der Waals surface area contributed by atoms with E-state index in [-0.39, 0.29) is 11.7 Å². The number of carbonyl (C=O) groups is 2. The number of fused-ring (bicyclic) bond motifs is 1. The summed E-state index contributed by atoms with van der Waals surface area (Å²) in [5, 5.41) is 0. The topological polar surface area (TPSA) is 46.6 Å². The van der Waals surface area contributed by atoms with Crippen LogP contribution >= 0.6 is 0 Å². The zero-order valence-corrected chi connectivity index (χ0v) is 13.3. The van der Waals surface area contributed by atoms with Gasteiger partial charge in [0.15, 0.2) is 5.78 Å². The standard InChI is InChI=1S/C18H23NO3/c1-13(2)11-17(21)19-9-7-18(8-10-19)12-15(20)14-5-3-4-6-16(14)22-18/h3-6,13H,7-12H2,1-2H3. The van der Waals surface area contributed by atoms with Crippen molar-refractivity contribution < 1.29 is 14.3 Å². The first-order valence-electron chi connectivity index (χ1n) is 8.08. The number of nitrogens with zero attached hydrogens (tertiary/aromatic N) is 1. The van der Waals surface area contributed by atoms with Gasteiger partial charge in [0.25, 0.3) is 0 Å². The van der Waals surface area contributed by atoms with Gasteiger partial charge in [-0.1, -0.05) is 26.0 Å². The van der Waals surface area contributed by atoms with Crippen molar-refractivity contribution >= 4 is 11.7 Å².